The van der Waals surface area contributed by atoms with Crippen LogP contribution in [0.1, 0.15) is 23.1 Å². The summed E-state index contributed by atoms with van der Waals surface area (Å²) in [7, 11) is 3.36. The molecule has 0 radical (unpaired) electrons. The average Bonchev–Trinajstić information content (AvgIpc) is 2.65. The molecule has 0 aromatic heterocycles. The van der Waals surface area contributed by atoms with Gasteiger partial charge >= 0.3 is 6.18 Å². The molecule has 7 heteroatoms. The van der Waals surface area contributed by atoms with Crippen molar-refractivity contribution in [3.63, 3.8) is 0 Å². The van der Waals surface area contributed by atoms with Crippen molar-refractivity contribution < 1.29 is 27.9 Å². The number of carbonyl (C=O) groups excluding carboxylic acids is 2. The molecule has 0 aliphatic rings. The van der Waals surface area contributed by atoms with Crippen LogP contribution in [0.5, 0.6) is 5.75 Å². The molecule has 0 unspecified atom stereocenters. The number of benzene rings is 2. The Kier molecular flexibility index (Phi) is 6.98. The fourth-order valence-electron chi connectivity index (χ4n) is 2.52. The molecule has 0 heterocycles. The SMILES string of the molecule is CN(C)c1ccc(C(F)(F)F)cc1C=CC(=O)CC(=O)C=Cc1ccc(O)cc1. The second-order valence-electron chi connectivity index (χ2n) is 6.53. The summed E-state index contributed by atoms with van der Waals surface area (Å²) in [4.78, 5) is 25.6. The smallest absolute Gasteiger partial charge is 0.416 e. The summed E-state index contributed by atoms with van der Waals surface area (Å²) < 4.78 is 38.8. The molecule has 2 aromatic rings. The second kappa shape index (κ2) is 9.23. The van der Waals surface area contributed by atoms with Crippen LogP contribution in [0.2, 0.25) is 0 Å². The van der Waals surface area contributed by atoms with Crippen LogP contribution in [0.25, 0.3) is 12.2 Å². The zero-order valence-electron chi connectivity index (χ0n) is 15.9. The van der Waals surface area contributed by atoms with Gasteiger partial charge in [-0.15, -0.1) is 0 Å². The summed E-state index contributed by atoms with van der Waals surface area (Å²) in [5, 5.41) is 9.21. The first-order valence-electron chi connectivity index (χ1n) is 8.65. The number of halogens is 3. The van der Waals surface area contributed by atoms with E-state index in [2.05, 4.69) is 0 Å². The molecule has 0 saturated carbocycles. The summed E-state index contributed by atoms with van der Waals surface area (Å²) in [5.74, 6) is -0.863. The van der Waals surface area contributed by atoms with Gasteiger partial charge in [-0.25, -0.2) is 0 Å². The average molecular weight is 403 g/mol. The molecule has 0 bridgehead atoms. The normalized spacial score (nSPS) is 11.9. The molecule has 1 N–H and O–H groups in total. The molecular formula is C22H20F3NO3. The van der Waals surface area contributed by atoms with Crippen LogP contribution in [0.4, 0.5) is 18.9 Å². The number of hydrogen-bond donors (Lipinski definition) is 1. The number of aromatic hydroxyl groups is 1. The maximum atomic E-state index is 12.9. The van der Waals surface area contributed by atoms with E-state index < -0.39 is 29.7 Å². The number of allylic oxidation sites excluding steroid dienone is 2. The number of phenols is 1. The maximum absolute atomic E-state index is 12.9. The largest absolute Gasteiger partial charge is 0.508 e. The topological polar surface area (TPSA) is 57.6 Å². The van der Waals surface area contributed by atoms with Crippen LogP contribution in [0, 0.1) is 0 Å². The molecule has 2 aromatic carbocycles. The van der Waals surface area contributed by atoms with Gasteiger partial charge in [0.1, 0.15) is 5.75 Å². The lowest BCUT2D eigenvalue weighted by Crippen LogP contribution is -2.12. The van der Waals surface area contributed by atoms with Crippen molar-refractivity contribution in [2.75, 3.05) is 19.0 Å². The van der Waals surface area contributed by atoms with Gasteiger partial charge in [-0.1, -0.05) is 18.2 Å². The third kappa shape index (κ3) is 6.64. The number of ketones is 2. The third-order valence-corrected chi connectivity index (χ3v) is 3.99. The van der Waals surface area contributed by atoms with Crippen LogP contribution >= 0.6 is 0 Å². The predicted octanol–water partition coefficient (Wildman–Crippen LogP) is 4.73. The maximum Gasteiger partial charge on any atom is 0.416 e. The Hall–Kier alpha value is -3.35. The second-order valence-corrected chi connectivity index (χ2v) is 6.53. The molecule has 29 heavy (non-hydrogen) atoms. The number of carbonyl (C=O) groups is 2. The molecule has 0 spiro atoms. The molecule has 0 aliphatic heterocycles. The number of anilines is 1. The molecule has 0 aliphatic carbocycles. The number of nitrogens with zero attached hydrogens (tertiary/aromatic N) is 1. The van der Waals surface area contributed by atoms with Gasteiger partial charge < -0.3 is 10.0 Å². The van der Waals surface area contributed by atoms with E-state index in [9.17, 15) is 27.9 Å². The van der Waals surface area contributed by atoms with Crippen molar-refractivity contribution in [1.29, 1.82) is 0 Å². The van der Waals surface area contributed by atoms with E-state index in [-0.39, 0.29) is 11.3 Å². The molecule has 0 fully saturated rings. The van der Waals surface area contributed by atoms with Crippen LogP contribution in [0.15, 0.2) is 54.6 Å². The molecular weight excluding hydrogens is 383 g/mol. The number of rotatable bonds is 7. The fourth-order valence-corrected chi connectivity index (χ4v) is 2.52. The highest BCUT2D eigenvalue weighted by Crippen LogP contribution is 2.33. The van der Waals surface area contributed by atoms with E-state index in [1.165, 1.54) is 36.4 Å². The van der Waals surface area contributed by atoms with Gasteiger partial charge in [-0.2, -0.15) is 13.2 Å². The number of phenolic OH excluding ortho intramolecular Hbond substituents is 1. The molecule has 0 saturated heterocycles. The van der Waals surface area contributed by atoms with E-state index in [0.29, 0.717) is 11.3 Å². The lowest BCUT2D eigenvalue weighted by molar-refractivity contribution is -0.137. The zero-order chi connectivity index (χ0) is 21.6. The quantitative estimate of drug-likeness (QED) is 0.536. The summed E-state index contributed by atoms with van der Waals surface area (Å²) in [6, 6.07) is 9.43. The van der Waals surface area contributed by atoms with Crippen molar-refractivity contribution in [3.8, 4) is 5.75 Å². The third-order valence-electron chi connectivity index (χ3n) is 3.99. The van der Waals surface area contributed by atoms with Crippen LogP contribution in [-0.4, -0.2) is 30.8 Å². The zero-order valence-corrected chi connectivity index (χ0v) is 15.9. The highest BCUT2D eigenvalue weighted by molar-refractivity contribution is 6.11. The lowest BCUT2D eigenvalue weighted by Gasteiger charge is -2.17. The van der Waals surface area contributed by atoms with E-state index in [0.717, 1.165) is 18.2 Å². The molecule has 0 amide bonds. The van der Waals surface area contributed by atoms with Gasteiger partial charge in [-0.3, -0.25) is 9.59 Å². The van der Waals surface area contributed by atoms with E-state index in [1.807, 2.05) is 0 Å². The number of hydrogen-bond acceptors (Lipinski definition) is 4. The Morgan fingerprint density at radius 2 is 1.55 bits per heavy atom. The van der Waals surface area contributed by atoms with Gasteiger partial charge in [0.2, 0.25) is 0 Å². The molecule has 4 nitrogen and oxygen atoms in total. The summed E-state index contributed by atoms with van der Waals surface area (Å²) in [5.41, 5.74) is 0.604. The van der Waals surface area contributed by atoms with Crippen molar-refractivity contribution in [1.82, 2.24) is 0 Å². The van der Waals surface area contributed by atoms with Gasteiger partial charge in [0.05, 0.1) is 12.0 Å². The van der Waals surface area contributed by atoms with Gasteiger partial charge in [-0.05, 0) is 59.7 Å². The standard InChI is InChI=1S/C22H20F3NO3/c1-26(2)21-12-7-17(22(23,24)25)13-16(21)6-11-20(29)14-19(28)10-5-15-3-8-18(27)9-4-15/h3-13,27H,14H2,1-2H3. The van der Waals surface area contributed by atoms with Gasteiger partial charge in [0, 0.05) is 19.8 Å². The monoisotopic (exact) mass is 403 g/mol. The first-order chi connectivity index (χ1) is 13.6. The van der Waals surface area contributed by atoms with Gasteiger partial charge in [0.25, 0.3) is 0 Å². The van der Waals surface area contributed by atoms with Crippen molar-refractivity contribution in [3.05, 3.63) is 71.3 Å². The van der Waals surface area contributed by atoms with Crippen LogP contribution in [0.3, 0.4) is 0 Å². The van der Waals surface area contributed by atoms with E-state index in [1.54, 1.807) is 31.1 Å². The minimum atomic E-state index is -4.49. The summed E-state index contributed by atoms with van der Waals surface area (Å²) in [6.45, 7) is 0. The summed E-state index contributed by atoms with van der Waals surface area (Å²) >= 11 is 0. The predicted molar refractivity (Wildman–Crippen MR) is 107 cm³/mol. The first kappa shape index (κ1) is 21.9. The highest BCUT2D eigenvalue weighted by atomic mass is 19.4. The fraction of sp³-hybridized carbons (Fsp3) is 0.182. The highest BCUT2D eigenvalue weighted by Gasteiger charge is 2.30. The molecule has 0 atom stereocenters. The Balaban J connectivity index is 2.09. The minimum Gasteiger partial charge on any atom is -0.508 e. The Morgan fingerprint density at radius 1 is 0.966 bits per heavy atom. The van der Waals surface area contributed by atoms with Crippen molar-refractivity contribution in [2.24, 2.45) is 0 Å². The Morgan fingerprint density at radius 3 is 2.10 bits per heavy atom. The lowest BCUT2D eigenvalue weighted by atomic mass is 10.1. The van der Waals surface area contributed by atoms with E-state index >= 15 is 0 Å². The van der Waals surface area contributed by atoms with Crippen LogP contribution in [-0.2, 0) is 15.8 Å². The van der Waals surface area contributed by atoms with E-state index in [4.69, 9.17) is 0 Å². The van der Waals surface area contributed by atoms with Crippen molar-refractivity contribution in [2.45, 2.75) is 12.6 Å². The van der Waals surface area contributed by atoms with Gasteiger partial charge in [0.15, 0.2) is 11.6 Å². The van der Waals surface area contributed by atoms with Crippen molar-refractivity contribution >= 4 is 29.4 Å². The first-order valence-corrected chi connectivity index (χ1v) is 8.65. The summed E-state index contributed by atoms with van der Waals surface area (Å²) in [6.07, 6.45) is 0.246. The minimum absolute atomic E-state index is 0.0977. The number of alkyl halides is 3. The molecule has 152 valence electrons. The van der Waals surface area contributed by atoms with Crippen LogP contribution < -0.4 is 4.90 Å². The Labute approximate surface area is 166 Å². The Bertz CT molecular complexity index is 943. The molecule has 2 rings (SSSR count).